The number of rotatable bonds is 6. The average Bonchev–Trinajstić information content (AvgIpc) is 2.63. The van der Waals surface area contributed by atoms with Crippen molar-refractivity contribution in [1.29, 1.82) is 0 Å². The highest BCUT2D eigenvalue weighted by Gasteiger charge is 2.17. The first-order valence-electron chi connectivity index (χ1n) is 4.62. The number of aromatic nitrogens is 2. The lowest BCUT2D eigenvalue weighted by molar-refractivity contribution is -0.721. The summed E-state index contributed by atoms with van der Waals surface area (Å²) in [5.74, 6) is -0.232. The van der Waals surface area contributed by atoms with E-state index in [1.807, 2.05) is 10.8 Å². The third-order valence-electron chi connectivity index (χ3n) is 2.14. The normalized spacial score (nSPS) is 13.7. The van der Waals surface area contributed by atoms with Gasteiger partial charge in [0.05, 0.1) is 5.75 Å². The minimum atomic E-state index is -3.89. The van der Waals surface area contributed by atoms with Gasteiger partial charge < -0.3 is 0 Å². The van der Waals surface area contributed by atoms with Crippen molar-refractivity contribution in [2.45, 2.75) is 18.9 Å². The van der Waals surface area contributed by atoms with E-state index in [0.29, 0.717) is 12.8 Å². The van der Waals surface area contributed by atoms with Crippen molar-refractivity contribution in [2.75, 3.05) is 5.75 Å². The van der Waals surface area contributed by atoms with E-state index in [-0.39, 0.29) is 11.8 Å². The van der Waals surface area contributed by atoms with E-state index in [9.17, 15) is 8.42 Å². The van der Waals surface area contributed by atoms with Gasteiger partial charge in [0.1, 0.15) is 18.4 Å². The van der Waals surface area contributed by atoms with Gasteiger partial charge in [-0.3, -0.25) is 9.54 Å². The SMILES string of the molecule is C=CCC(CCS(=O)(=O)O)[n+]1cc[nH]c1. The maximum atomic E-state index is 10.6. The summed E-state index contributed by atoms with van der Waals surface area (Å²) in [6.45, 7) is 3.62. The van der Waals surface area contributed by atoms with Crippen LogP contribution >= 0.6 is 0 Å². The van der Waals surface area contributed by atoms with Gasteiger partial charge in [-0.25, -0.2) is 4.57 Å². The Bertz CT molecular complexity index is 397. The van der Waals surface area contributed by atoms with Crippen LogP contribution in [0.5, 0.6) is 0 Å². The Hall–Kier alpha value is -1.14. The molecule has 2 N–H and O–H groups in total. The number of nitrogens with zero attached hydrogens (tertiary/aromatic N) is 1. The Labute approximate surface area is 89.2 Å². The molecule has 0 amide bonds. The molecule has 0 radical (unpaired) electrons. The van der Waals surface area contributed by atoms with Crippen molar-refractivity contribution < 1.29 is 17.5 Å². The van der Waals surface area contributed by atoms with Crippen LogP contribution in [0, 0.1) is 0 Å². The molecule has 5 nitrogen and oxygen atoms in total. The van der Waals surface area contributed by atoms with E-state index < -0.39 is 10.1 Å². The summed E-state index contributed by atoms with van der Waals surface area (Å²) in [5, 5.41) is 0. The van der Waals surface area contributed by atoms with Crippen molar-refractivity contribution in [3.05, 3.63) is 31.4 Å². The van der Waals surface area contributed by atoms with E-state index in [2.05, 4.69) is 11.6 Å². The molecule has 1 unspecified atom stereocenters. The molecular formula is C9H15N2O3S+. The number of aromatic amines is 1. The monoisotopic (exact) mass is 231 g/mol. The first-order chi connectivity index (χ1) is 7.03. The molecule has 0 aliphatic carbocycles. The molecule has 1 aromatic rings. The zero-order valence-electron chi connectivity index (χ0n) is 8.33. The Morgan fingerprint density at radius 2 is 2.33 bits per heavy atom. The van der Waals surface area contributed by atoms with E-state index in [1.54, 1.807) is 18.6 Å². The zero-order chi connectivity index (χ0) is 11.3. The topological polar surface area (TPSA) is 74.0 Å². The smallest absolute Gasteiger partial charge is 0.265 e. The number of allylic oxidation sites excluding steroid dienone is 1. The highest BCUT2D eigenvalue weighted by Crippen LogP contribution is 2.09. The molecule has 0 aliphatic heterocycles. The first kappa shape index (κ1) is 11.9. The second-order valence-corrected chi connectivity index (χ2v) is 4.88. The van der Waals surface area contributed by atoms with Gasteiger partial charge in [-0.1, -0.05) is 6.08 Å². The van der Waals surface area contributed by atoms with E-state index in [4.69, 9.17) is 4.55 Å². The third kappa shape index (κ3) is 4.26. The molecule has 0 bridgehead atoms. The molecule has 0 saturated heterocycles. The van der Waals surface area contributed by atoms with Crippen LogP contribution < -0.4 is 4.57 Å². The van der Waals surface area contributed by atoms with Gasteiger partial charge in [-0.2, -0.15) is 8.42 Å². The minimum Gasteiger partial charge on any atom is -0.286 e. The highest BCUT2D eigenvalue weighted by molar-refractivity contribution is 7.85. The largest absolute Gasteiger partial charge is 0.286 e. The summed E-state index contributed by atoms with van der Waals surface area (Å²) >= 11 is 0. The summed E-state index contributed by atoms with van der Waals surface area (Å²) in [4.78, 5) is 2.88. The lowest BCUT2D eigenvalue weighted by Crippen LogP contribution is -2.37. The average molecular weight is 231 g/mol. The molecule has 0 spiro atoms. The number of hydrogen-bond acceptors (Lipinski definition) is 2. The fraction of sp³-hybridized carbons (Fsp3) is 0.444. The van der Waals surface area contributed by atoms with Crippen LogP contribution in [0.2, 0.25) is 0 Å². The summed E-state index contributed by atoms with van der Waals surface area (Å²) in [6.07, 6.45) is 8.08. The van der Waals surface area contributed by atoms with Crippen LogP contribution in [-0.2, 0) is 10.1 Å². The predicted octanol–water partition coefficient (Wildman–Crippen LogP) is 0.697. The molecule has 1 heterocycles. The van der Waals surface area contributed by atoms with Crippen molar-refractivity contribution in [3.8, 4) is 0 Å². The molecule has 0 aromatic carbocycles. The Kier molecular flexibility index (Phi) is 4.05. The van der Waals surface area contributed by atoms with Crippen molar-refractivity contribution >= 4 is 10.1 Å². The molecule has 1 atom stereocenters. The molecule has 1 rings (SSSR count). The van der Waals surface area contributed by atoms with Crippen molar-refractivity contribution in [2.24, 2.45) is 0 Å². The molecule has 6 heteroatoms. The van der Waals surface area contributed by atoms with Gasteiger partial charge in [0, 0.05) is 12.8 Å². The van der Waals surface area contributed by atoms with Crippen LogP contribution in [0.25, 0.3) is 0 Å². The van der Waals surface area contributed by atoms with Crippen LogP contribution in [0.4, 0.5) is 0 Å². The fourth-order valence-electron chi connectivity index (χ4n) is 1.39. The number of imidazole rings is 1. The molecule has 0 aliphatic rings. The quantitative estimate of drug-likeness (QED) is 0.430. The molecule has 0 saturated carbocycles. The third-order valence-corrected chi connectivity index (χ3v) is 2.89. The van der Waals surface area contributed by atoms with E-state index >= 15 is 0 Å². The van der Waals surface area contributed by atoms with Gasteiger partial charge >= 0.3 is 0 Å². The summed E-state index contributed by atoms with van der Waals surface area (Å²) in [6, 6.07) is 0.00988. The van der Waals surface area contributed by atoms with Gasteiger partial charge in [-0.15, -0.1) is 6.58 Å². The molecule has 0 fully saturated rings. The lowest BCUT2D eigenvalue weighted by atomic mass is 10.1. The van der Waals surface area contributed by atoms with Gasteiger partial charge in [0.25, 0.3) is 10.1 Å². The van der Waals surface area contributed by atoms with E-state index in [1.165, 1.54) is 0 Å². The van der Waals surface area contributed by atoms with Crippen LogP contribution in [0.3, 0.4) is 0 Å². The summed E-state index contributed by atoms with van der Waals surface area (Å²) in [7, 11) is -3.89. The molecule has 84 valence electrons. The maximum absolute atomic E-state index is 10.6. The Morgan fingerprint density at radius 3 is 2.80 bits per heavy atom. The molecular weight excluding hydrogens is 216 g/mol. The molecule has 15 heavy (non-hydrogen) atoms. The zero-order valence-corrected chi connectivity index (χ0v) is 9.15. The van der Waals surface area contributed by atoms with Crippen molar-refractivity contribution in [3.63, 3.8) is 0 Å². The van der Waals surface area contributed by atoms with Gasteiger partial charge in [0.15, 0.2) is 0 Å². The first-order valence-corrected chi connectivity index (χ1v) is 6.23. The number of H-pyrrole nitrogens is 1. The fourth-order valence-corrected chi connectivity index (χ4v) is 1.96. The maximum Gasteiger partial charge on any atom is 0.265 e. The van der Waals surface area contributed by atoms with Gasteiger partial charge in [0.2, 0.25) is 6.33 Å². The van der Waals surface area contributed by atoms with E-state index in [0.717, 1.165) is 0 Å². The summed E-state index contributed by atoms with van der Waals surface area (Å²) in [5.41, 5.74) is 0. The second-order valence-electron chi connectivity index (χ2n) is 3.31. The standard InChI is InChI=1S/C9H14N2O3S/c1-2-3-9(4-7-15(12,13)14)11-6-5-10-8-11/h2,5-6,8-9H,1,3-4,7H2,(H,12,13,14)/p+1. The van der Waals surface area contributed by atoms with Crippen molar-refractivity contribution in [1.82, 2.24) is 4.98 Å². The predicted molar refractivity (Wildman–Crippen MR) is 55.9 cm³/mol. The highest BCUT2D eigenvalue weighted by atomic mass is 32.2. The van der Waals surface area contributed by atoms with Crippen LogP contribution in [-0.4, -0.2) is 23.7 Å². The minimum absolute atomic E-state index is 0.00988. The molecule has 1 aromatic heterocycles. The van der Waals surface area contributed by atoms with Gasteiger partial charge in [-0.05, 0) is 0 Å². The van der Waals surface area contributed by atoms with Crippen LogP contribution in [0.15, 0.2) is 31.4 Å². The second kappa shape index (κ2) is 5.09. The summed E-state index contributed by atoms with van der Waals surface area (Å²) < 4.78 is 31.8. The Morgan fingerprint density at radius 1 is 1.60 bits per heavy atom. The van der Waals surface area contributed by atoms with Crippen LogP contribution in [0.1, 0.15) is 18.9 Å². The Balaban J connectivity index is 2.63. The number of nitrogens with one attached hydrogen (secondary N) is 1. The number of hydrogen-bond donors (Lipinski definition) is 2. The lowest BCUT2D eigenvalue weighted by Gasteiger charge is -2.09.